The van der Waals surface area contributed by atoms with E-state index in [9.17, 15) is 4.79 Å². The largest absolute Gasteiger partial charge is 0.448 e. The van der Waals surface area contributed by atoms with Crippen LogP contribution in [0.5, 0.6) is 0 Å². The van der Waals surface area contributed by atoms with Crippen molar-refractivity contribution in [2.24, 2.45) is 5.92 Å². The molecule has 2 aliphatic heterocycles. The zero-order chi connectivity index (χ0) is 9.10. The Morgan fingerprint density at radius 3 is 3.00 bits per heavy atom. The maximum atomic E-state index is 11.1. The van der Waals surface area contributed by atoms with Crippen molar-refractivity contribution < 1.29 is 9.53 Å². The van der Waals surface area contributed by atoms with Crippen molar-refractivity contribution in [3.8, 4) is 0 Å². The quantitative estimate of drug-likeness (QED) is 0.751. The predicted molar refractivity (Wildman–Crippen MR) is 55.8 cm³/mol. The van der Waals surface area contributed by atoms with Gasteiger partial charge in [0.2, 0.25) is 0 Å². The molecule has 1 unspecified atom stereocenters. The zero-order valence-corrected chi connectivity index (χ0v) is 9.02. The van der Waals surface area contributed by atoms with Crippen molar-refractivity contribution in [1.29, 1.82) is 0 Å². The molecule has 0 aromatic heterocycles. The molecule has 0 spiro atoms. The summed E-state index contributed by atoms with van der Waals surface area (Å²) < 4.78 is 4.87. The fourth-order valence-electron chi connectivity index (χ4n) is 1.98. The Morgan fingerprint density at radius 1 is 1.57 bits per heavy atom. The molecule has 2 aliphatic rings. The minimum absolute atomic E-state index is 0. The fraction of sp³-hybridized carbons (Fsp3) is 0.889. The van der Waals surface area contributed by atoms with Crippen molar-refractivity contribution in [2.75, 3.05) is 32.8 Å². The number of ether oxygens (including phenoxy) is 1. The summed E-state index contributed by atoms with van der Waals surface area (Å²) in [6.45, 7) is 4.38. The van der Waals surface area contributed by atoms with Gasteiger partial charge in [-0.2, -0.15) is 0 Å². The number of halogens is 1. The van der Waals surface area contributed by atoms with E-state index in [2.05, 4.69) is 5.32 Å². The third-order valence-corrected chi connectivity index (χ3v) is 2.72. The van der Waals surface area contributed by atoms with E-state index in [1.54, 1.807) is 0 Å². The number of rotatable bonds is 2. The summed E-state index contributed by atoms with van der Waals surface area (Å²) in [5.74, 6) is 0.624. The normalized spacial score (nSPS) is 27.0. The Labute approximate surface area is 90.4 Å². The molecule has 1 N–H and O–H groups in total. The standard InChI is InChI=1S/C9H16N2O2.ClH/c12-9-11(4-5-13-9)7-8-2-1-3-10-6-8;/h8,10H,1-7H2;1H. The third kappa shape index (κ3) is 2.75. The number of amides is 1. The van der Waals surface area contributed by atoms with Crippen LogP contribution >= 0.6 is 12.4 Å². The number of cyclic esters (lactones) is 1. The molecule has 2 rings (SSSR count). The van der Waals surface area contributed by atoms with E-state index in [0.29, 0.717) is 12.5 Å². The first-order valence-corrected chi connectivity index (χ1v) is 4.98. The summed E-state index contributed by atoms with van der Waals surface area (Å²) in [7, 11) is 0. The number of piperidine rings is 1. The molecule has 2 fully saturated rings. The number of carbonyl (C=O) groups is 1. The molecule has 82 valence electrons. The van der Waals surface area contributed by atoms with Crippen molar-refractivity contribution in [3.63, 3.8) is 0 Å². The molecule has 2 saturated heterocycles. The van der Waals surface area contributed by atoms with Crippen molar-refractivity contribution in [1.82, 2.24) is 10.2 Å². The Hall–Kier alpha value is -0.480. The Bertz CT molecular complexity index is 195. The van der Waals surface area contributed by atoms with E-state index in [0.717, 1.165) is 26.2 Å². The Morgan fingerprint density at radius 2 is 2.43 bits per heavy atom. The number of carbonyl (C=O) groups excluding carboxylic acids is 1. The maximum absolute atomic E-state index is 11.1. The van der Waals surface area contributed by atoms with Crippen LogP contribution < -0.4 is 5.32 Å². The van der Waals surface area contributed by atoms with E-state index >= 15 is 0 Å². The molecule has 5 heteroatoms. The monoisotopic (exact) mass is 220 g/mol. The molecular formula is C9H17ClN2O2. The lowest BCUT2D eigenvalue weighted by atomic mass is 9.99. The molecule has 0 aliphatic carbocycles. The molecule has 1 atom stereocenters. The minimum atomic E-state index is -0.134. The summed E-state index contributed by atoms with van der Waals surface area (Å²) in [5, 5.41) is 3.34. The Kier molecular flexibility index (Phi) is 4.48. The number of hydrogen-bond acceptors (Lipinski definition) is 3. The summed E-state index contributed by atoms with van der Waals surface area (Å²) >= 11 is 0. The summed E-state index contributed by atoms with van der Waals surface area (Å²) in [6, 6.07) is 0. The highest BCUT2D eigenvalue weighted by Crippen LogP contribution is 2.14. The van der Waals surface area contributed by atoms with Crippen LogP contribution in [0.15, 0.2) is 0 Å². The first-order valence-electron chi connectivity index (χ1n) is 4.98. The summed E-state index contributed by atoms with van der Waals surface area (Å²) in [4.78, 5) is 12.9. The van der Waals surface area contributed by atoms with Gasteiger partial charge >= 0.3 is 6.09 Å². The molecule has 0 aromatic rings. The van der Waals surface area contributed by atoms with Gasteiger partial charge < -0.3 is 15.0 Å². The van der Waals surface area contributed by atoms with Crippen LogP contribution in [0.3, 0.4) is 0 Å². The lowest BCUT2D eigenvalue weighted by molar-refractivity contribution is 0.152. The average Bonchev–Trinajstić information content (AvgIpc) is 2.54. The summed E-state index contributed by atoms with van der Waals surface area (Å²) in [6.07, 6.45) is 2.33. The lowest BCUT2D eigenvalue weighted by Gasteiger charge is -2.25. The number of hydrogen-bond donors (Lipinski definition) is 1. The van der Waals surface area contributed by atoms with Crippen molar-refractivity contribution in [3.05, 3.63) is 0 Å². The lowest BCUT2D eigenvalue weighted by Crippen LogP contribution is -2.38. The SMILES string of the molecule is Cl.O=C1OCCN1CC1CCCNC1. The average molecular weight is 221 g/mol. The molecule has 4 nitrogen and oxygen atoms in total. The van der Waals surface area contributed by atoms with Crippen LogP contribution in [-0.4, -0.2) is 43.8 Å². The maximum Gasteiger partial charge on any atom is 0.409 e. The fourth-order valence-corrected chi connectivity index (χ4v) is 1.98. The molecule has 1 amide bonds. The smallest absolute Gasteiger partial charge is 0.409 e. The highest BCUT2D eigenvalue weighted by Gasteiger charge is 2.25. The van der Waals surface area contributed by atoms with Gasteiger partial charge in [0.15, 0.2) is 0 Å². The van der Waals surface area contributed by atoms with Crippen LogP contribution in [0.4, 0.5) is 4.79 Å². The predicted octanol–water partition coefficient (Wildman–Crippen LogP) is 0.860. The van der Waals surface area contributed by atoms with E-state index in [-0.39, 0.29) is 18.5 Å². The van der Waals surface area contributed by atoms with Crippen LogP contribution in [0, 0.1) is 5.92 Å². The first kappa shape index (κ1) is 11.6. The second kappa shape index (κ2) is 5.41. The van der Waals surface area contributed by atoms with Gasteiger partial charge in [-0.15, -0.1) is 12.4 Å². The molecular weight excluding hydrogens is 204 g/mol. The van der Waals surface area contributed by atoms with Crippen LogP contribution in [0.25, 0.3) is 0 Å². The van der Waals surface area contributed by atoms with Crippen LogP contribution in [-0.2, 0) is 4.74 Å². The van der Waals surface area contributed by atoms with Crippen LogP contribution in [0.1, 0.15) is 12.8 Å². The van der Waals surface area contributed by atoms with Crippen LogP contribution in [0.2, 0.25) is 0 Å². The van der Waals surface area contributed by atoms with E-state index in [1.807, 2.05) is 4.90 Å². The first-order chi connectivity index (χ1) is 6.36. The third-order valence-electron chi connectivity index (χ3n) is 2.72. The van der Waals surface area contributed by atoms with Crippen molar-refractivity contribution >= 4 is 18.5 Å². The van der Waals surface area contributed by atoms with Gasteiger partial charge in [0, 0.05) is 6.54 Å². The van der Waals surface area contributed by atoms with E-state index in [1.165, 1.54) is 12.8 Å². The zero-order valence-electron chi connectivity index (χ0n) is 8.20. The van der Waals surface area contributed by atoms with Gasteiger partial charge in [-0.3, -0.25) is 0 Å². The molecule has 0 aromatic carbocycles. The van der Waals surface area contributed by atoms with E-state index < -0.39 is 0 Å². The minimum Gasteiger partial charge on any atom is -0.448 e. The van der Waals surface area contributed by atoms with E-state index in [4.69, 9.17) is 4.74 Å². The second-order valence-electron chi connectivity index (χ2n) is 3.77. The van der Waals surface area contributed by atoms with Gasteiger partial charge in [0.1, 0.15) is 6.61 Å². The molecule has 0 saturated carbocycles. The van der Waals surface area contributed by atoms with Gasteiger partial charge in [-0.25, -0.2) is 4.79 Å². The number of nitrogens with one attached hydrogen (secondary N) is 1. The molecule has 14 heavy (non-hydrogen) atoms. The van der Waals surface area contributed by atoms with Gasteiger partial charge in [0.05, 0.1) is 6.54 Å². The second-order valence-corrected chi connectivity index (χ2v) is 3.77. The highest BCUT2D eigenvalue weighted by molar-refractivity contribution is 5.85. The van der Waals surface area contributed by atoms with Gasteiger partial charge in [-0.1, -0.05) is 0 Å². The van der Waals surface area contributed by atoms with Gasteiger partial charge in [0.25, 0.3) is 0 Å². The molecule has 0 radical (unpaired) electrons. The number of nitrogens with zero attached hydrogens (tertiary/aromatic N) is 1. The highest BCUT2D eigenvalue weighted by atomic mass is 35.5. The molecule has 0 bridgehead atoms. The van der Waals surface area contributed by atoms with Crippen molar-refractivity contribution in [2.45, 2.75) is 12.8 Å². The molecule has 2 heterocycles. The topological polar surface area (TPSA) is 41.6 Å². The summed E-state index contributed by atoms with van der Waals surface area (Å²) in [5.41, 5.74) is 0. The van der Waals surface area contributed by atoms with Gasteiger partial charge in [-0.05, 0) is 31.8 Å². The Balaban J connectivity index is 0.000000980.